The maximum Gasteiger partial charge on any atom is 0.573 e. The summed E-state index contributed by atoms with van der Waals surface area (Å²) >= 11 is 0. The molecule has 3 aromatic rings. The Morgan fingerprint density at radius 3 is 2.49 bits per heavy atom. The minimum Gasteiger partial charge on any atom is -0.406 e. The zero-order valence-corrected chi connectivity index (χ0v) is 20.5. The number of amides is 1. The molecule has 1 aliphatic heterocycles. The van der Waals surface area contributed by atoms with Gasteiger partial charge in [-0.3, -0.25) is 0 Å². The number of fused-ring (bicyclic) bond motifs is 1. The first-order valence-corrected chi connectivity index (χ1v) is 12.3. The summed E-state index contributed by atoms with van der Waals surface area (Å²) in [5.41, 5.74) is 1.84. The Bertz CT molecular complexity index is 1200. The number of carbonyl (C=O) groups is 1. The summed E-state index contributed by atoms with van der Waals surface area (Å²) in [7, 11) is 1.77. The fourth-order valence-corrected chi connectivity index (χ4v) is 5.24. The van der Waals surface area contributed by atoms with Crippen molar-refractivity contribution in [1.29, 1.82) is 0 Å². The van der Waals surface area contributed by atoms with Gasteiger partial charge in [-0.2, -0.15) is 0 Å². The van der Waals surface area contributed by atoms with Crippen molar-refractivity contribution in [1.82, 2.24) is 19.4 Å². The molecule has 5 rings (SSSR count). The molecule has 1 saturated heterocycles. The number of ether oxygens (including phenoxy) is 2. The Morgan fingerprint density at radius 2 is 1.81 bits per heavy atom. The van der Waals surface area contributed by atoms with Gasteiger partial charge in [0.15, 0.2) is 0 Å². The van der Waals surface area contributed by atoms with Crippen LogP contribution in [0.25, 0.3) is 0 Å². The molecule has 2 aliphatic rings. The molecule has 196 valence electrons. The number of aromatic nitrogens is 2. The summed E-state index contributed by atoms with van der Waals surface area (Å²) in [6, 6.07) is 16.1. The number of alkyl halides is 3. The number of hydrogen-bond acceptors (Lipinski definition) is 5. The van der Waals surface area contributed by atoms with E-state index < -0.39 is 12.5 Å². The molecule has 1 aromatic heterocycles. The minimum atomic E-state index is -4.78. The van der Waals surface area contributed by atoms with Gasteiger partial charge in [0.05, 0.1) is 12.5 Å². The van der Waals surface area contributed by atoms with Gasteiger partial charge in [0, 0.05) is 39.8 Å². The second-order valence-electron chi connectivity index (χ2n) is 9.81. The van der Waals surface area contributed by atoms with Crippen molar-refractivity contribution < 1.29 is 27.4 Å². The van der Waals surface area contributed by atoms with Gasteiger partial charge < -0.3 is 23.8 Å². The number of imidazole rings is 1. The third-order valence-electron chi connectivity index (χ3n) is 7.07. The Kier molecular flexibility index (Phi) is 7.10. The molecule has 10 heteroatoms. The van der Waals surface area contributed by atoms with Crippen LogP contribution in [-0.2, 0) is 20.0 Å². The van der Waals surface area contributed by atoms with Gasteiger partial charge in [0.2, 0.25) is 5.88 Å². The number of carbonyl (C=O) groups excluding carboxylic acids is 1. The quantitative estimate of drug-likeness (QED) is 0.413. The molecule has 2 aromatic carbocycles. The number of piperidine rings is 1. The van der Waals surface area contributed by atoms with E-state index in [1.165, 1.54) is 30.1 Å². The molecule has 2 atom stereocenters. The van der Waals surface area contributed by atoms with E-state index in [0.29, 0.717) is 29.9 Å². The fraction of sp³-hybridized carbons (Fsp3) is 0.407. The maximum atomic E-state index is 13.1. The van der Waals surface area contributed by atoms with Crippen molar-refractivity contribution in [3.63, 3.8) is 0 Å². The molecule has 2 fully saturated rings. The smallest absolute Gasteiger partial charge is 0.406 e. The van der Waals surface area contributed by atoms with Crippen LogP contribution >= 0.6 is 0 Å². The second kappa shape index (κ2) is 10.5. The van der Waals surface area contributed by atoms with E-state index in [1.807, 2.05) is 6.07 Å². The number of aryl methyl sites for hydroxylation is 1. The Hall–Kier alpha value is -3.53. The lowest BCUT2D eigenvalue weighted by Crippen LogP contribution is -2.37. The predicted molar refractivity (Wildman–Crippen MR) is 130 cm³/mol. The summed E-state index contributed by atoms with van der Waals surface area (Å²) < 4.78 is 49.2. The molecule has 0 N–H and O–H groups in total. The number of rotatable bonds is 9. The van der Waals surface area contributed by atoms with Gasteiger partial charge in [0.1, 0.15) is 5.75 Å². The molecule has 1 saturated carbocycles. The molecular weight excluding hydrogens is 485 g/mol. The highest BCUT2D eigenvalue weighted by Gasteiger charge is 2.55. The lowest BCUT2D eigenvalue weighted by molar-refractivity contribution is -0.274. The third-order valence-corrected chi connectivity index (χ3v) is 7.07. The van der Waals surface area contributed by atoms with E-state index in [4.69, 9.17) is 4.74 Å². The molecule has 1 amide bonds. The number of halogens is 3. The van der Waals surface area contributed by atoms with Crippen LogP contribution in [0.4, 0.5) is 18.0 Å². The first-order chi connectivity index (χ1) is 17.7. The van der Waals surface area contributed by atoms with E-state index in [1.54, 1.807) is 28.8 Å². The summed E-state index contributed by atoms with van der Waals surface area (Å²) in [5, 5.41) is 0. The molecule has 0 radical (unpaired) electrons. The van der Waals surface area contributed by atoms with Gasteiger partial charge >= 0.3 is 12.5 Å². The summed E-state index contributed by atoms with van der Waals surface area (Å²) in [6.45, 7) is 3.55. The maximum absolute atomic E-state index is 13.1. The molecule has 0 bridgehead atoms. The summed E-state index contributed by atoms with van der Waals surface area (Å²) in [5.74, 6) is 1.19. The highest BCUT2D eigenvalue weighted by atomic mass is 19.4. The normalized spacial score (nSPS) is 20.9. The Balaban J connectivity index is 1.21. The Labute approximate surface area is 213 Å². The second-order valence-corrected chi connectivity index (χ2v) is 9.81. The zero-order valence-electron chi connectivity index (χ0n) is 20.5. The van der Waals surface area contributed by atoms with Crippen LogP contribution in [0.3, 0.4) is 0 Å². The monoisotopic (exact) mass is 514 g/mol. The van der Waals surface area contributed by atoms with Crippen molar-refractivity contribution in [2.75, 3.05) is 26.2 Å². The third kappa shape index (κ3) is 6.62. The number of likely N-dealkylation sites (tertiary alicyclic amines) is 1. The lowest BCUT2D eigenvalue weighted by Gasteiger charge is -2.25. The number of benzene rings is 2. The van der Waals surface area contributed by atoms with E-state index in [-0.39, 0.29) is 18.2 Å². The first kappa shape index (κ1) is 25.1. The lowest BCUT2D eigenvalue weighted by atomic mass is 10.1. The highest BCUT2D eigenvalue weighted by Crippen LogP contribution is 2.52. The van der Waals surface area contributed by atoms with Crippen molar-refractivity contribution in [3.8, 4) is 11.6 Å². The van der Waals surface area contributed by atoms with Gasteiger partial charge in [-0.05, 0) is 47.4 Å². The standard InChI is InChI=1S/C27H29F3N4O3/c1-32-17-25(31-18-32)36-26(35)34(13-20-8-5-9-21(12-20)37-27(28,29)30)16-24-22-14-33(15-23(22)24)11-10-19-6-3-2-4-7-19/h2-9,12,17-18,22-24H,10-11,13-16H2,1H3. The van der Waals surface area contributed by atoms with E-state index in [9.17, 15) is 18.0 Å². The van der Waals surface area contributed by atoms with E-state index in [2.05, 4.69) is 38.9 Å². The average molecular weight is 515 g/mol. The number of nitrogens with zero attached hydrogens (tertiary/aromatic N) is 4. The van der Waals surface area contributed by atoms with Gasteiger partial charge in [-0.15, -0.1) is 13.2 Å². The SMILES string of the molecule is Cn1cnc(OC(=O)N(Cc2cccc(OC(F)(F)F)c2)CC2C3CN(CCc4ccccc4)CC32)c1. The van der Waals surface area contributed by atoms with Crippen LogP contribution in [-0.4, -0.2) is 58.0 Å². The van der Waals surface area contributed by atoms with E-state index in [0.717, 1.165) is 26.1 Å². The molecule has 1 aliphatic carbocycles. The molecule has 2 unspecified atom stereocenters. The molecule has 7 nitrogen and oxygen atoms in total. The van der Waals surface area contributed by atoms with Gasteiger partial charge in [-0.25, -0.2) is 9.78 Å². The van der Waals surface area contributed by atoms with Crippen LogP contribution in [0.2, 0.25) is 0 Å². The Morgan fingerprint density at radius 1 is 1.08 bits per heavy atom. The first-order valence-electron chi connectivity index (χ1n) is 12.3. The van der Waals surface area contributed by atoms with Crippen LogP contribution in [0.1, 0.15) is 11.1 Å². The van der Waals surface area contributed by atoms with Crippen molar-refractivity contribution >= 4 is 6.09 Å². The van der Waals surface area contributed by atoms with Crippen molar-refractivity contribution in [3.05, 3.63) is 78.2 Å². The minimum absolute atomic E-state index is 0.106. The van der Waals surface area contributed by atoms with Crippen LogP contribution in [0.15, 0.2) is 67.1 Å². The van der Waals surface area contributed by atoms with E-state index >= 15 is 0 Å². The topological polar surface area (TPSA) is 59.8 Å². The van der Waals surface area contributed by atoms with Crippen LogP contribution < -0.4 is 9.47 Å². The highest BCUT2D eigenvalue weighted by molar-refractivity contribution is 5.70. The zero-order chi connectivity index (χ0) is 26.0. The molecule has 37 heavy (non-hydrogen) atoms. The fourth-order valence-electron chi connectivity index (χ4n) is 5.24. The largest absolute Gasteiger partial charge is 0.573 e. The molecule has 2 heterocycles. The van der Waals surface area contributed by atoms with Crippen LogP contribution in [0.5, 0.6) is 11.6 Å². The molecule has 0 spiro atoms. The predicted octanol–water partition coefficient (Wildman–Crippen LogP) is 4.74. The van der Waals surface area contributed by atoms with Crippen molar-refractivity contribution in [2.24, 2.45) is 24.8 Å². The molecular formula is C27H29F3N4O3. The average Bonchev–Trinajstić information content (AvgIpc) is 3.15. The van der Waals surface area contributed by atoms with Crippen LogP contribution in [0, 0.1) is 17.8 Å². The van der Waals surface area contributed by atoms with Gasteiger partial charge in [0.25, 0.3) is 0 Å². The summed E-state index contributed by atoms with van der Waals surface area (Å²) in [4.78, 5) is 21.1. The summed E-state index contributed by atoms with van der Waals surface area (Å²) in [6.07, 6.45) is -1.24. The number of hydrogen-bond donors (Lipinski definition) is 0. The van der Waals surface area contributed by atoms with Gasteiger partial charge in [-0.1, -0.05) is 42.5 Å². The van der Waals surface area contributed by atoms with Crippen molar-refractivity contribution in [2.45, 2.75) is 19.3 Å².